The number of piperidine rings is 1. The van der Waals surface area contributed by atoms with E-state index in [1.54, 1.807) is 0 Å². The minimum Gasteiger partial charge on any atom is -0.462 e. The van der Waals surface area contributed by atoms with E-state index in [1.165, 1.54) is 12.8 Å². The Hall–Kier alpha value is -0.580. The van der Waals surface area contributed by atoms with Crippen molar-refractivity contribution in [3.63, 3.8) is 0 Å². The number of rotatable bonds is 3. The van der Waals surface area contributed by atoms with Gasteiger partial charge in [0.25, 0.3) is 0 Å². The van der Waals surface area contributed by atoms with Crippen LogP contribution in [0.15, 0.2) is 28.7 Å². The molecule has 122 valence electrons. The molecule has 0 aliphatic carbocycles. The van der Waals surface area contributed by atoms with Gasteiger partial charge in [-0.1, -0.05) is 34.1 Å². The zero-order valence-corrected chi connectivity index (χ0v) is 15.4. The van der Waals surface area contributed by atoms with Gasteiger partial charge in [-0.2, -0.15) is 0 Å². The average molecular weight is 389 g/mol. The van der Waals surface area contributed by atoms with E-state index < -0.39 is 0 Å². The summed E-state index contributed by atoms with van der Waals surface area (Å²) in [6, 6.07) is 9.06. The predicted molar refractivity (Wildman–Crippen MR) is 93.5 cm³/mol. The fourth-order valence-corrected chi connectivity index (χ4v) is 4.31. The molecule has 3 nitrogen and oxygen atoms in total. The second-order valence-electron chi connectivity index (χ2n) is 6.32. The van der Waals surface area contributed by atoms with Gasteiger partial charge in [-0.05, 0) is 51.3 Å². The number of carbonyl (C=O) groups is 1. The van der Waals surface area contributed by atoms with E-state index in [9.17, 15) is 4.79 Å². The summed E-state index contributed by atoms with van der Waals surface area (Å²) in [5, 5.41) is 0. The molecule has 22 heavy (non-hydrogen) atoms. The zero-order valence-electron chi connectivity index (χ0n) is 13.0. The van der Waals surface area contributed by atoms with Crippen LogP contribution >= 0.6 is 28.3 Å². The molecular formula is C17H23BrClNO2. The second-order valence-corrected chi connectivity index (χ2v) is 7.18. The SMILES string of the molecule is CC(C(=O)OC1CC2CCC(C1)N2C)c1ccccc1Br.Cl. The van der Waals surface area contributed by atoms with Crippen LogP contribution in [0.4, 0.5) is 0 Å². The molecule has 5 heteroatoms. The first-order valence-corrected chi connectivity index (χ1v) is 8.52. The summed E-state index contributed by atoms with van der Waals surface area (Å²) in [5.74, 6) is -0.325. The van der Waals surface area contributed by atoms with Gasteiger partial charge in [0.2, 0.25) is 0 Å². The van der Waals surface area contributed by atoms with Gasteiger partial charge in [-0.15, -0.1) is 12.4 Å². The van der Waals surface area contributed by atoms with Crippen molar-refractivity contribution >= 4 is 34.3 Å². The van der Waals surface area contributed by atoms with Gasteiger partial charge in [0.05, 0.1) is 5.92 Å². The third-order valence-corrected chi connectivity index (χ3v) is 5.79. The number of ether oxygens (including phenoxy) is 1. The van der Waals surface area contributed by atoms with Crippen LogP contribution in [-0.2, 0) is 9.53 Å². The van der Waals surface area contributed by atoms with Gasteiger partial charge in [0.15, 0.2) is 0 Å². The lowest BCUT2D eigenvalue weighted by molar-refractivity contribution is -0.153. The van der Waals surface area contributed by atoms with Crippen LogP contribution in [-0.4, -0.2) is 36.1 Å². The van der Waals surface area contributed by atoms with E-state index in [2.05, 4.69) is 27.9 Å². The maximum Gasteiger partial charge on any atom is 0.313 e. The minimum absolute atomic E-state index is 0. The molecule has 2 saturated heterocycles. The van der Waals surface area contributed by atoms with Crippen LogP contribution in [0.1, 0.15) is 44.1 Å². The van der Waals surface area contributed by atoms with Gasteiger partial charge >= 0.3 is 5.97 Å². The van der Waals surface area contributed by atoms with Crippen LogP contribution in [0.25, 0.3) is 0 Å². The molecular weight excluding hydrogens is 366 g/mol. The van der Waals surface area contributed by atoms with Gasteiger partial charge in [-0.3, -0.25) is 4.79 Å². The lowest BCUT2D eigenvalue weighted by Crippen LogP contribution is -2.43. The third kappa shape index (κ3) is 3.50. The number of fused-ring (bicyclic) bond motifs is 2. The first-order chi connectivity index (χ1) is 10.1. The lowest BCUT2D eigenvalue weighted by Gasteiger charge is -2.36. The summed E-state index contributed by atoms with van der Waals surface area (Å²) >= 11 is 3.51. The van der Waals surface area contributed by atoms with Crippen molar-refractivity contribution < 1.29 is 9.53 Å². The first-order valence-electron chi connectivity index (χ1n) is 7.73. The summed E-state index contributed by atoms with van der Waals surface area (Å²) in [7, 11) is 2.20. The zero-order chi connectivity index (χ0) is 15.0. The third-order valence-electron chi connectivity index (χ3n) is 5.06. The minimum atomic E-state index is -0.224. The molecule has 3 atom stereocenters. The van der Waals surface area contributed by atoms with Crippen molar-refractivity contribution in [1.82, 2.24) is 4.90 Å². The highest BCUT2D eigenvalue weighted by atomic mass is 79.9. The monoisotopic (exact) mass is 387 g/mol. The lowest BCUT2D eigenvalue weighted by atomic mass is 9.99. The standard InChI is InChI=1S/C17H22BrNO2.ClH/c1-11(15-5-3-4-6-16(15)18)17(20)21-14-9-12-7-8-13(10-14)19(12)2;/h3-6,11-14H,7-10H2,1-2H3;1H. The number of hydrogen-bond acceptors (Lipinski definition) is 3. The van der Waals surface area contributed by atoms with Crippen molar-refractivity contribution in [3.05, 3.63) is 34.3 Å². The van der Waals surface area contributed by atoms with E-state index >= 15 is 0 Å². The highest BCUT2D eigenvalue weighted by Gasteiger charge is 2.40. The molecule has 0 spiro atoms. The molecule has 3 rings (SSSR count). The smallest absolute Gasteiger partial charge is 0.313 e. The fraction of sp³-hybridized carbons (Fsp3) is 0.588. The Morgan fingerprint density at radius 1 is 1.27 bits per heavy atom. The van der Waals surface area contributed by atoms with E-state index in [4.69, 9.17) is 4.74 Å². The Morgan fingerprint density at radius 2 is 1.86 bits per heavy atom. The molecule has 2 aliphatic rings. The summed E-state index contributed by atoms with van der Waals surface area (Å²) in [6.07, 6.45) is 4.56. The van der Waals surface area contributed by atoms with Crippen molar-refractivity contribution in [2.45, 2.75) is 56.7 Å². The van der Waals surface area contributed by atoms with Gasteiger partial charge in [0, 0.05) is 16.6 Å². The molecule has 0 aromatic heterocycles. The van der Waals surface area contributed by atoms with E-state index in [0.29, 0.717) is 12.1 Å². The Bertz CT molecular complexity index is 525. The molecule has 2 fully saturated rings. The summed E-state index contributed by atoms with van der Waals surface area (Å²) in [5.41, 5.74) is 0.999. The average Bonchev–Trinajstić information content (AvgIpc) is 2.69. The van der Waals surface area contributed by atoms with Gasteiger partial charge < -0.3 is 9.64 Å². The van der Waals surface area contributed by atoms with Crippen molar-refractivity contribution in [3.8, 4) is 0 Å². The van der Waals surface area contributed by atoms with Crippen LogP contribution < -0.4 is 0 Å². The number of nitrogens with zero attached hydrogens (tertiary/aromatic N) is 1. The quantitative estimate of drug-likeness (QED) is 0.729. The number of carbonyl (C=O) groups excluding carboxylic acids is 1. The molecule has 0 N–H and O–H groups in total. The predicted octanol–water partition coefficient (Wildman–Crippen LogP) is 4.14. The number of esters is 1. The van der Waals surface area contributed by atoms with Crippen molar-refractivity contribution in [1.29, 1.82) is 0 Å². The Kier molecular flexibility index (Phi) is 5.92. The molecule has 0 saturated carbocycles. The van der Waals surface area contributed by atoms with Crippen LogP contribution in [0.3, 0.4) is 0 Å². The van der Waals surface area contributed by atoms with Crippen LogP contribution in [0.2, 0.25) is 0 Å². The van der Waals surface area contributed by atoms with E-state index in [1.807, 2.05) is 31.2 Å². The normalized spacial score (nSPS) is 28.8. The Labute approximate surface area is 146 Å². The molecule has 0 amide bonds. The molecule has 3 unspecified atom stereocenters. The summed E-state index contributed by atoms with van der Waals surface area (Å²) in [4.78, 5) is 14.9. The highest BCUT2D eigenvalue weighted by molar-refractivity contribution is 9.10. The topological polar surface area (TPSA) is 29.5 Å². The number of halogens is 2. The molecule has 1 aromatic rings. The maximum atomic E-state index is 12.4. The fourth-order valence-electron chi connectivity index (χ4n) is 3.68. The number of hydrogen-bond donors (Lipinski definition) is 0. The van der Waals surface area contributed by atoms with Crippen molar-refractivity contribution in [2.75, 3.05) is 7.05 Å². The Morgan fingerprint density at radius 3 is 2.45 bits per heavy atom. The van der Waals surface area contributed by atoms with Gasteiger partial charge in [-0.25, -0.2) is 0 Å². The summed E-state index contributed by atoms with van der Waals surface area (Å²) < 4.78 is 6.78. The molecule has 2 bridgehead atoms. The van der Waals surface area contributed by atoms with Gasteiger partial charge in [0.1, 0.15) is 6.10 Å². The van der Waals surface area contributed by atoms with Crippen LogP contribution in [0, 0.1) is 0 Å². The molecule has 2 aliphatic heterocycles. The Balaban J connectivity index is 0.00000176. The summed E-state index contributed by atoms with van der Waals surface area (Å²) in [6.45, 7) is 1.92. The van der Waals surface area contributed by atoms with E-state index in [0.717, 1.165) is 22.9 Å². The maximum absolute atomic E-state index is 12.4. The second kappa shape index (κ2) is 7.33. The van der Waals surface area contributed by atoms with Crippen LogP contribution in [0.5, 0.6) is 0 Å². The van der Waals surface area contributed by atoms with Crippen molar-refractivity contribution in [2.24, 2.45) is 0 Å². The number of benzene rings is 1. The van der Waals surface area contributed by atoms with E-state index in [-0.39, 0.29) is 30.4 Å². The largest absolute Gasteiger partial charge is 0.462 e. The molecule has 1 aromatic carbocycles. The first kappa shape index (κ1) is 17.8. The molecule has 2 heterocycles. The highest BCUT2D eigenvalue weighted by Crippen LogP contribution is 2.36. The molecule has 0 radical (unpaired) electrons.